The van der Waals surface area contributed by atoms with Crippen molar-refractivity contribution >= 4 is 11.5 Å². The predicted octanol–water partition coefficient (Wildman–Crippen LogP) is 3.36. The number of aromatic nitrogens is 3. The largest absolute Gasteiger partial charge is 0.479 e. The average Bonchev–Trinajstić information content (AvgIpc) is 3.44. The van der Waals surface area contributed by atoms with E-state index in [1.807, 2.05) is 28.8 Å². The van der Waals surface area contributed by atoms with E-state index in [2.05, 4.69) is 15.4 Å². The predicted molar refractivity (Wildman–Crippen MR) is 116 cm³/mol. The summed E-state index contributed by atoms with van der Waals surface area (Å²) >= 11 is 0. The number of hydrazine groups is 1. The van der Waals surface area contributed by atoms with Gasteiger partial charge in [-0.05, 0) is 37.6 Å². The third kappa shape index (κ3) is 3.88. The number of ether oxygens (including phenoxy) is 1. The van der Waals surface area contributed by atoms with Crippen LogP contribution in [0.1, 0.15) is 23.4 Å². The molecule has 1 fully saturated rings. The molecule has 0 radical (unpaired) electrons. The van der Waals surface area contributed by atoms with Crippen LogP contribution in [0.5, 0.6) is 5.88 Å². The fourth-order valence-corrected chi connectivity index (χ4v) is 4.14. The van der Waals surface area contributed by atoms with Crippen molar-refractivity contribution in [3.63, 3.8) is 0 Å². The molecule has 0 amide bonds. The van der Waals surface area contributed by atoms with E-state index in [1.54, 1.807) is 23.4 Å². The number of amidine groups is 1. The van der Waals surface area contributed by atoms with Crippen LogP contribution in [0.4, 0.5) is 18.9 Å². The van der Waals surface area contributed by atoms with Crippen molar-refractivity contribution in [2.75, 3.05) is 25.1 Å². The molecule has 1 aromatic carbocycles. The maximum Gasteiger partial charge on any atom is 0.418 e. The molecule has 2 aromatic heterocycles. The minimum atomic E-state index is -4.45. The van der Waals surface area contributed by atoms with Gasteiger partial charge in [-0.3, -0.25) is 5.43 Å². The molecule has 2 aliphatic heterocycles. The molecule has 1 unspecified atom stereocenters. The molecule has 3 aromatic rings. The van der Waals surface area contributed by atoms with E-state index >= 15 is 0 Å². The fraction of sp³-hybridized carbons (Fsp3) is 0.318. The summed E-state index contributed by atoms with van der Waals surface area (Å²) in [6, 6.07) is 9.24. The molecule has 1 saturated heterocycles. The number of rotatable bonds is 4. The molecule has 5 rings (SSSR count). The third-order valence-corrected chi connectivity index (χ3v) is 5.63. The lowest BCUT2D eigenvalue weighted by atomic mass is 10.1. The van der Waals surface area contributed by atoms with Gasteiger partial charge >= 0.3 is 6.18 Å². The molecule has 1 atom stereocenters. The van der Waals surface area contributed by atoms with Gasteiger partial charge in [0.15, 0.2) is 12.1 Å². The number of imidazole rings is 1. The highest BCUT2D eigenvalue weighted by Crippen LogP contribution is 2.38. The number of alkyl halides is 3. The van der Waals surface area contributed by atoms with E-state index in [9.17, 15) is 13.2 Å². The summed E-state index contributed by atoms with van der Waals surface area (Å²) < 4.78 is 48.2. The number of nitrogens with zero attached hydrogens (tertiary/aromatic N) is 6. The highest BCUT2D eigenvalue weighted by atomic mass is 19.4. The normalized spacial score (nSPS) is 18.6. The van der Waals surface area contributed by atoms with Crippen molar-refractivity contribution in [1.29, 1.82) is 0 Å². The Morgan fingerprint density at radius 2 is 1.91 bits per heavy atom. The molecule has 2 aliphatic rings. The number of benzene rings is 1. The summed E-state index contributed by atoms with van der Waals surface area (Å²) in [6.45, 7) is 3.00. The van der Waals surface area contributed by atoms with Gasteiger partial charge in [-0.2, -0.15) is 18.2 Å². The lowest BCUT2D eigenvalue weighted by Crippen LogP contribution is -2.55. The number of hydrogen-bond acceptors (Lipinski definition) is 7. The monoisotopic (exact) mass is 457 g/mol. The Hall–Kier alpha value is -3.60. The zero-order valence-electron chi connectivity index (χ0n) is 18.0. The van der Waals surface area contributed by atoms with Crippen LogP contribution in [-0.2, 0) is 6.18 Å². The van der Waals surface area contributed by atoms with Crippen molar-refractivity contribution in [1.82, 2.24) is 25.0 Å². The standard InChI is InChI=1S/C22H22F3N7O/c1-14-12-30(13-26-14)18-9-8-16(27-20(18)33-2)19-28-21-31(10-5-11-32(21)29-19)17-7-4-3-6-15(17)22(23,24)25/h3-4,6-9,12-13,21H,5,10-11H2,1-2H3,(H,28,29). The quantitative estimate of drug-likeness (QED) is 0.648. The molecule has 0 aliphatic carbocycles. The van der Waals surface area contributed by atoms with Gasteiger partial charge in [0.2, 0.25) is 5.88 Å². The number of fused-ring (bicyclic) bond motifs is 1. The van der Waals surface area contributed by atoms with E-state index in [-0.39, 0.29) is 5.69 Å². The molecule has 0 spiro atoms. The Morgan fingerprint density at radius 1 is 1.09 bits per heavy atom. The van der Waals surface area contributed by atoms with Crippen molar-refractivity contribution in [3.8, 4) is 11.6 Å². The highest BCUT2D eigenvalue weighted by Gasteiger charge is 2.40. The van der Waals surface area contributed by atoms with Crippen molar-refractivity contribution in [3.05, 3.63) is 65.9 Å². The fourth-order valence-electron chi connectivity index (χ4n) is 4.14. The second kappa shape index (κ2) is 8.07. The number of aliphatic imine (C=N–C) groups is 1. The van der Waals surface area contributed by atoms with Gasteiger partial charge in [0.1, 0.15) is 11.4 Å². The SMILES string of the molecule is COc1nc(C2=NC3N(CCCN3c3ccccc3C(F)(F)F)N2)ccc1-n1cnc(C)c1. The van der Waals surface area contributed by atoms with Crippen LogP contribution in [0.15, 0.2) is 53.9 Å². The minimum absolute atomic E-state index is 0.114. The molecule has 1 N–H and O–H groups in total. The zero-order chi connectivity index (χ0) is 23.2. The molecular weight excluding hydrogens is 435 g/mol. The Bertz CT molecular complexity index is 1210. The minimum Gasteiger partial charge on any atom is -0.479 e. The van der Waals surface area contributed by atoms with Crippen LogP contribution < -0.4 is 15.1 Å². The number of hydrogen-bond donors (Lipinski definition) is 1. The first-order valence-electron chi connectivity index (χ1n) is 10.5. The van der Waals surface area contributed by atoms with Gasteiger partial charge in [-0.25, -0.2) is 15.0 Å². The molecule has 11 heteroatoms. The van der Waals surface area contributed by atoms with Gasteiger partial charge in [0.25, 0.3) is 0 Å². The van der Waals surface area contributed by atoms with E-state index < -0.39 is 18.0 Å². The highest BCUT2D eigenvalue weighted by molar-refractivity contribution is 5.98. The van der Waals surface area contributed by atoms with E-state index in [0.29, 0.717) is 36.9 Å². The Morgan fingerprint density at radius 3 is 2.64 bits per heavy atom. The zero-order valence-corrected chi connectivity index (χ0v) is 18.0. The lowest BCUT2D eigenvalue weighted by Gasteiger charge is -2.39. The van der Waals surface area contributed by atoms with Crippen LogP contribution in [-0.4, -0.2) is 51.9 Å². The van der Waals surface area contributed by atoms with Crippen molar-refractivity contribution < 1.29 is 17.9 Å². The lowest BCUT2D eigenvalue weighted by molar-refractivity contribution is -0.137. The Labute approximate surface area is 188 Å². The maximum atomic E-state index is 13.6. The molecule has 0 saturated carbocycles. The number of pyridine rings is 1. The van der Waals surface area contributed by atoms with Crippen LogP contribution in [0.2, 0.25) is 0 Å². The Kier molecular flexibility index (Phi) is 5.20. The van der Waals surface area contributed by atoms with Crippen LogP contribution in [0.25, 0.3) is 5.69 Å². The number of aryl methyl sites for hydroxylation is 1. The summed E-state index contributed by atoms with van der Waals surface area (Å²) in [4.78, 5) is 15.2. The average molecular weight is 457 g/mol. The summed E-state index contributed by atoms with van der Waals surface area (Å²) in [5.74, 6) is 0.863. The Balaban J connectivity index is 1.49. The van der Waals surface area contributed by atoms with Gasteiger partial charge in [-0.15, -0.1) is 0 Å². The van der Waals surface area contributed by atoms with Crippen molar-refractivity contribution in [2.24, 2.45) is 4.99 Å². The maximum absolute atomic E-state index is 13.6. The second-order valence-corrected chi connectivity index (χ2v) is 7.84. The van der Waals surface area contributed by atoms with Crippen LogP contribution in [0, 0.1) is 6.92 Å². The van der Waals surface area contributed by atoms with E-state index in [1.165, 1.54) is 19.2 Å². The molecule has 8 nitrogen and oxygen atoms in total. The smallest absolute Gasteiger partial charge is 0.418 e. The molecule has 33 heavy (non-hydrogen) atoms. The van der Waals surface area contributed by atoms with Crippen molar-refractivity contribution in [2.45, 2.75) is 25.8 Å². The molecule has 172 valence electrons. The number of anilines is 1. The van der Waals surface area contributed by atoms with E-state index in [4.69, 9.17) is 9.73 Å². The first-order chi connectivity index (χ1) is 15.8. The number of methoxy groups -OCH3 is 1. The summed E-state index contributed by atoms with van der Waals surface area (Å²) in [5.41, 5.74) is 4.76. The number of nitrogens with one attached hydrogen (secondary N) is 1. The van der Waals surface area contributed by atoms with Gasteiger partial charge < -0.3 is 14.2 Å². The molecule has 0 bridgehead atoms. The number of halogens is 3. The summed E-state index contributed by atoms with van der Waals surface area (Å²) in [5, 5.41) is 1.83. The first kappa shape index (κ1) is 21.3. The van der Waals surface area contributed by atoms with Crippen LogP contribution >= 0.6 is 0 Å². The number of para-hydroxylation sites is 1. The molecular formula is C22H22F3N7O. The summed E-state index contributed by atoms with van der Waals surface area (Å²) in [6.07, 6.45) is -0.833. The summed E-state index contributed by atoms with van der Waals surface area (Å²) in [7, 11) is 1.53. The third-order valence-electron chi connectivity index (χ3n) is 5.63. The van der Waals surface area contributed by atoms with E-state index in [0.717, 1.165) is 17.4 Å². The van der Waals surface area contributed by atoms with Crippen LogP contribution in [0.3, 0.4) is 0 Å². The van der Waals surface area contributed by atoms with Gasteiger partial charge in [0, 0.05) is 19.3 Å². The first-order valence-corrected chi connectivity index (χ1v) is 10.5. The molecule has 4 heterocycles. The topological polar surface area (TPSA) is 70.8 Å². The van der Waals surface area contributed by atoms with Gasteiger partial charge in [0.05, 0.1) is 30.4 Å². The second-order valence-electron chi connectivity index (χ2n) is 7.84. The van der Waals surface area contributed by atoms with Gasteiger partial charge in [-0.1, -0.05) is 12.1 Å².